The van der Waals surface area contributed by atoms with Crippen LogP contribution in [0.3, 0.4) is 0 Å². The van der Waals surface area contributed by atoms with Crippen LogP contribution in [0.4, 0.5) is 4.39 Å². The molecule has 3 atom stereocenters. The van der Waals surface area contributed by atoms with Crippen LogP contribution >= 0.6 is 0 Å². The number of carbonyl (C=O) groups excluding carboxylic acids is 1. The number of benzene rings is 1. The molecule has 1 aliphatic carbocycles. The number of carbonyl (C=O) groups is 1. The molecule has 0 saturated heterocycles. The second-order valence-electron chi connectivity index (χ2n) is 5.71. The first-order chi connectivity index (χ1) is 9.54. The highest BCUT2D eigenvalue weighted by atomic mass is 19.1. The molecule has 110 valence electrons. The summed E-state index contributed by atoms with van der Waals surface area (Å²) in [6, 6.07) is 6.28. The van der Waals surface area contributed by atoms with Gasteiger partial charge in [0, 0.05) is 13.0 Å². The van der Waals surface area contributed by atoms with Gasteiger partial charge in [-0.2, -0.15) is 0 Å². The standard InChI is InChI=1S/C16H23FN2O/c1-11(12-6-8-14(17)9-7-12)19(2)16(20)15-5-3-4-13(15)10-18/h6-9,11,13,15H,3-5,10,18H2,1-2H3. The molecule has 4 heteroatoms. The van der Waals surface area contributed by atoms with Gasteiger partial charge in [0.15, 0.2) is 0 Å². The van der Waals surface area contributed by atoms with E-state index in [0.29, 0.717) is 12.5 Å². The normalized spacial score (nSPS) is 23.6. The second kappa shape index (κ2) is 6.35. The summed E-state index contributed by atoms with van der Waals surface area (Å²) >= 11 is 0. The SMILES string of the molecule is CC(c1ccc(F)cc1)N(C)C(=O)C1CCCC1CN. The zero-order valence-corrected chi connectivity index (χ0v) is 12.2. The van der Waals surface area contributed by atoms with E-state index in [1.54, 1.807) is 17.0 Å². The van der Waals surface area contributed by atoms with Crippen LogP contribution in [0.5, 0.6) is 0 Å². The van der Waals surface area contributed by atoms with Gasteiger partial charge in [0.25, 0.3) is 0 Å². The smallest absolute Gasteiger partial charge is 0.226 e. The minimum atomic E-state index is -0.256. The minimum absolute atomic E-state index is 0.0490. The van der Waals surface area contributed by atoms with Crippen molar-refractivity contribution in [3.05, 3.63) is 35.6 Å². The Labute approximate surface area is 120 Å². The first-order valence-corrected chi connectivity index (χ1v) is 7.26. The highest BCUT2D eigenvalue weighted by Gasteiger charge is 2.34. The Morgan fingerprint density at radius 3 is 2.65 bits per heavy atom. The molecule has 0 aliphatic heterocycles. The van der Waals surface area contributed by atoms with Gasteiger partial charge < -0.3 is 10.6 Å². The van der Waals surface area contributed by atoms with Gasteiger partial charge in [0.1, 0.15) is 5.82 Å². The van der Waals surface area contributed by atoms with E-state index in [0.717, 1.165) is 24.8 Å². The third kappa shape index (κ3) is 3.01. The molecule has 0 aromatic heterocycles. The van der Waals surface area contributed by atoms with Crippen LogP contribution in [-0.2, 0) is 4.79 Å². The van der Waals surface area contributed by atoms with Crippen molar-refractivity contribution in [2.24, 2.45) is 17.6 Å². The summed E-state index contributed by atoms with van der Waals surface area (Å²) in [4.78, 5) is 14.4. The van der Waals surface area contributed by atoms with E-state index in [2.05, 4.69) is 0 Å². The Hall–Kier alpha value is -1.42. The van der Waals surface area contributed by atoms with Crippen molar-refractivity contribution >= 4 is 5.91 Å². The summed E-state index contributed by atoms with van der Waals surface area (Å²) in [7, 11) is 1.82. The fourth-order valence-electron chi connectivity index (χ4n) is 3.06. The van der Waals surface area contributed by atoms with Crippen molar-refractivity contribution in [1.82, 2.24) is 4.90 Å². The van der Waals surface area contributed by atoms with Crippen LogP contribution in [0.25, 0.3) is 0 Å². The summed E-state index contributed by atoms with van der Waals surface area (Å²) in [6.45, 7) is 2.55. The average Bonchev–Trinajstić information content (AvgIpc) is 2.94. The lowest BCUT2D eigenvalue weighted by Crippen LogP contribution is -2.38. The summed E-state index contributed by atoms with van der Waals surface area (Å²) in [5.74, 6) is 0.266. The van der Waals surface area contributed by atoms with E-state index in [1.165, 1.54) is 12.1 Å². The number of hydrogen-bond acceptors (Lipinski definition) is 2. The van der Waals surface area contributed by atoms with Gasteiger partial charge in [-0.25, -0.2) is 4.39 Å². The van der Waals surface area contributed by atoms with E-state index >= 15 is 0 Å². The molecular formula is C16H23FN2O. The van der Waals surface area contributed by atoms with E-state index in [9.17, 15) is 9.18 Å². The molecular weight excluding hydrogens is 255 g/mol. The van der Waals surface area contributed by atoms with Gasteiger partial charge in [-0.3, -0.25) is 4.79 Å². The van der Waals surface area contributed by atoms with Gasteiger partial charge >= 0.3 is 0 Å². The second-order valence-corrected chi connectivity index (χ2v) is 5.71. The van der Waals surface area contributed by atoms with E-state index in [4.69, 9.17) is 5.73 Å². The summed E-state index contributed by atoms with van der Waals surface area (Å²) in [5.41, 5.74) is 6.70. The van der Waals surface area contributed by atoms with Crippen LogP contribution in [-0.4, -0.2) is 24.4 Å². The topological polar surface area (TPSA) is 46.3 Å². The van der Waals surface area contributed by atoms with Crippen molar-refractivity contribution in [3.8, 4) is 0 Å². The Kier molecular flexibility index (Phi) is 4.76. The molecule has 2 N–H and O–H groups in total. The quantitative estimate of drug-likeness (QED) is 0.920. The van der Waals surface area contributed by atoms with Crippen molar-refractivity contribution in [1.29, 1.82) is 0 Å². The van der Waals surface area contributed by atoms with Gasteiger partial charge in [-0.05, 0) is 49.9 Å². The molecule has 3 nitrogen and oxygen atoms in total. The molecule has 2 rings (SSSR count). The first kappa shape index (κ1) is 15.0. The zero-order chi connectivity index (χ0) is 14.7. The van der Waals surface area contributed by atoms with Crippen molar-refractivity contribution in [3.63, 3.8) is 0 Å². The third-order valence-electron chi connectivity index (χ3n) is 4.56. The molecule has 0 heterocycles. The number of rotatable bonds is 4. The highest BCUT2D eigenvalue weighted by molar-refractivity contribution is 5.79. The monoisotopic (exact) mass is 278 g/mol. The Morgan fingerprint density at radius 1 is 1.40 bits per heavy atom. The predicted octanol–water partition coefficient (Wildman–Crippen LogP) is 2.72. The van der Waals surface area contributed by atoms with Crippen LogP contribution in [0, 0.1) is 17.7 Å². The molecule has 1 fully saturated rings. The van der Waals surface area contributed by atoms with Crippen LogP contribution < -0.4 is 5.73 Å². The van der Waals surface area contributed by atoms with Gasteiger partial charge in [0.2, 0.25) is 5.91 Å². The van der Waals surface area contributed by atoms with Gasteiger partial charge in [-0.15, -0.1) is 0 Å². The maximum Gasteiger partial charge on any atom is 0.226 e. The number of hydrogen-bond donors (Lipinski definition) is 1. The zero-order valence-electron chi connectivity index (χ0n) is 12.2. The molecule has 20 heavy (non-hydrogen) atoms. The molecule has 1 aromatic rings. The van der Waals surface area contributed by atoms with Crippen LogP contribution in [0.15, 0.2) is 24.3 Å². The highest BCUT2D eigenvalue weighted by Crippen LogP contribution is 2.34. The lowest BCUT2D eigenvalue weighted by Gasteiger charge is -2.30. The molecule has 0 radical (unpaired) electrons. The summed E-state index contributed by atoms with van der Waals surface area (Å²) in [5, 5.41) is 0. The molecule has 1 aliphatic rings. The average molecular weight is 278 g/mol. The van der Waals surface area contributed by atoms with E-state index in [1.807, 2.05) is 14.0 Å². The minimum Gasteiger partial charge on any atom is -0.339 e. The van der Waals surface area contributed by atoms with Crippen molar-refractivity contribution in [2.45, 2.75) is 32.2 Å². The third-order valence-corrected chi connectivity index (χ3v) is 4.56. The number of halogens is 1. The number of nitrogens with zero attached hydrogens (tertiary/aromatic N) is 1. The molecule has 0 bridgehead atoms. The number of nitrogens with two attached hydrogens (primary N) is 1. The fraction of sp³-hybridized carbons (Fsp3) is 0.562. The van der Waals surface area contributed by atoms with Crippen LogP contribution in [0.1, 0.15) is 37.8 Å². The van der Waals surface area contributed by atoms with Crippen LogP contribution in [0.2, 0.25) is 0 Å². The lowest BCUT2D eigenvalue weighted by atomic mass is 9.94. The van der Waals surface area contributed by atoms with Gasteiger partial charge in [-0.1, -0.05) is 18.6 Å². The molecule has 1 saturated carbocycles. The van der Waals surface area contributed by atoms with E-state index < -0.39 is 0 Å². The van der Waals surface area contributed by atoms with Crippen molar-refractivity contribution < 1.29 is 9.18 Å². The Morgan fingerprint density at radius 2 is 2.05 bits per heavy atom. The molecule has 3 unspecified atom stereocenters. The number of amides is 1. The Balaban J connectivity index is 2.07. The summed E-state index contributed by atoms with van der Waals surface area (Å²) < 4.78 is 13.0. The lowest BCUT2D eigenvalue weighted by molar-refractivity contribution is -0.137. The van der Waals surface area contributed by atoms with Crippen molar-refractivity contribution in [2.75, 3.05) is 13.6 Å². The fourth-order valence-corrected chi connectivity index (χ4v) is 3.06. The largest absolute Gasteiger partial charge is 0.339 e. The summed E-state index contributed by atoms with van der Waals surface area (Å²) in [6.07, 6.45) is 3.06. The van der Waals surface area contributed by atoms with Gasteiger partial charge in [0.05, 0.1) is 6.04 Å². The Bertz CT molecular complexity index is 460. The van der Waals surface area contributed by atoms with E-state index in [-0.39, 0.29) is 23.7 Å². The first-order valence-electron chi connectivity index (χ1n) is 7.26. The molecule has 1 aromatic carbocycles. The predicted molar refractivity (Wildman–Crippen MR) is 77.5 cm³/mol. The maximum absolute atomic E-state index is 13.0. The molecule has 1 amide bonds. The molecule has 0 spiro atoms. The maximum atomic E-state index is 13.0.